The number of allylic oxidation sites excluding steroid dienone is 2. The molecule has 2 aromatic heterocycles. The number of aldehydes is 1. The van der Waals surface area contributed by atoms with Crippen LogP contribution in [0, 0.1) is 10.8 Å². The number of rotatable bonds is 7. The van der Waals surface area contributed by atoms with Gasteiger partial charge in [0.25, 0.3) is 0 Å². The summed E-state index contributed by atoms with van der Waals surface area (Å²) in [4.78, 5) is 16.2. The molecule has 25 heavy (non-hydrogen) atoms. The average molecular weight is 351 g/mol. The molecule has 6 nitrogen and oxygen atoms in total. The van der Waals surface area contributed by atoms with E-state index in [0.29, 0.717) is 35.6 Å². The predicted octanol–water partition coefficient (Wildman–Crippen LogP) is 2.99. The molecule has 2 heterocycles. The summed E-state index contributed by atoms with van der Waals surface area (Å²) in [5.41, 5.74) is 9.20. The number of nitrogens with two attached hydrogens (primary N) is 1. The van der Waals surface area contributed by atoms with Gasteiger partial charge in [0.1, 0.15) is 5.01 Å². The Labute approximate surface area is 148 Å². The van der Waals surface area contributed by atoms with E-state index in [1.165, 1.54) is 23.6 Å². The summed E-state index contributed by atoms with van der Waals surface area (Å²) in [7, 11) is 0. The number of nitrogens with zero attached hydrogens (tertiary/aromatic N) is 2. The van der Waals surface area contributed by atoms with Crippen LogP contribution in [0.15, 0.2) is 42.1 Å². The third kappa shape index (κ3) is 3.27. The molecule has 0 bridgehead atoms. The van der Waals surface area contributed by atoms with Crippen LogP contribution in [0.4, 0.5) is 0 Å². The van der Waals surface area contributed by atoms with Gasteiger partial charge < -0.3 is 21.1 Å². The highest BCUT2D eigenvalue weighted by molar-refractivity contribution is 7.19. The van der Waals surface area contributed by atoms with Crippen molar-refractivity contribution in [3.05, 3.63) is 63.9 Å². The molecule has 0 saturated carbocycles. The number of fused-ring (bicyclic) bond motifs is 1. The van der Waals surface area contributed by atoms with Crippen molar-refractivity contribution in [3.63, 3.8) is 0 Å². The molecule has 4 N–H and O–H groups in total. The molecule has 0 atom stereocenters. The smallest absolute Gasteiger partial charge is 0.167 e. The number of aromatic nitrogens is 2. The van der Waals surface area contributed by atoms with Gasteiger partial charge in [-0.1, -0.05) is 30.3 Å². The van der Waals surface area contributed by atoms with Crippen LogP contribution in [0.3, 0.4) is 0 Å². The van der Waals surface area contributed by atoms with E-state index in [2.05, 4.69) is 4.98 Å². The Kier molecular flexibility index (Phi) is 4.85. The molecule has 0 spiro atoms. The normalized spacial score (nSPS) is 11.6. The van der Waals surface area contributed by atoms with Crippen molar-refractivity contribution in [3.8, 4) is 0 Å². The summed E-state index contributed by atoms with van der Waals surface area (Å²) < 4.78 is 2.65. The highest BCUT2D eigenvalue weighted by atomic mass is 32.1. The minimum atomic E-state index is 0.438. The van der Waals surface area contributed by atoms with Gasteiger partial charge in [0, 0.05) is 36.7 Å². The summed E-state index contributed by atoms with van der Waals surface area (Å²) in [6, 6.07) is 9.82. The van der Waals surface area contributed by atoms with Crippen LogP contribution in [-0.2, 0) is 13.0 Å². The Morgan fingerprint density at radius 1 is 1.28 bits per heavy atom. The van der Waals surface area contributed by atoms with Crippen LogP contribution in [0.25, 0.3) is 10.3 Å². The lowest BCUT2D eigenvalue weighted by Crippen LogP contribution is -2.06. The molecule has 0 amide bonds. The number of thiazole rings is 1. The minimum absolute atomic E-state index is 0.438. The summed E-state index contributed by atoms with van der Waals surface area (Å²) in [6.07, 6.45) is 5.09. The summed E-state index contributed by atoms with van der Waals surface area (Å²) in [6.45, 7) is 0.508. The summed E-state index contributed by atoms with van der Waals surface area (Å²) in [5.74, 6) is 0. The predicted molar refractivity (Wildman–Crippen MR) is 101 cm³/mol. The van der Waals surface area contributed by atoms with Gasteiger partial charge in [-0.05, 0) is 11.6 Å². The lowest BCUT2D eigenvalue weighted by Gasteiger charge is -2.07. The Balaban J connectivity index is 2.11. The van der Waals surface area contributed by atoms with Crippen molar-refractivity contribution in [1.82, 2.24) is 9.55 Å². The molecule has 126 valence electrons. The van der Waals surface area contributed by atoms with Gasteiger partial charge in [-0.15, -0.1) is 11.3 Å². The maximum Gasteiger partial charge on any atom is 0.167 e. The Hall–Kier alpha value is -3.06. The van der Waals surface area contributed by atoms with Crippen molar-refractivity contribution in [2.75, 3.05) is 0 Å². The second kappa shape index (κ2) is 7.23. The lowest BCUT2D eigenvalue weighted by molar-refractivity contribution is 0.111. The maximum atomic E-state index is 11.6. The molecule has 3 aromatic rings. The van der Waals surface area contributed by atoms with Crippen LogP contribution in [0.1, 0.15) is 26.6 Å². The van der Waals surface area contributed by atoms with Crippen LogP contribution >= 0.6 is 11.3 Å². The van der Waals surface area contributed by atoms with E-state index < -0.39 is 0 Å². The molecule has 0 unspecified atom stereocenters. The van der Waals surface area contributed by atoms with Crippen LogP contribution in [-0.4, -0.2) is 28.3 Å². The monoisotopic (exact) mass is 351 g/mol. The molecular formula is C18H17N5OS. The van der Waals surface area contributed by atoms with E-state index in [0.717, 1.165) is 27.8 Å². The van der Waals surface area contributed by atoms with E-state index in [9.17, 15) is 4.79 Å². The zero-order valence-electron chi connectivity index (χ0n) is 13.4. The second-order valence-electron chi connectivity index (χ2n) is 5.48. The molecule has 3 rings (SSSR count). The van der Waals surface area contributed by atoms with E-state index in [-0.39, 0.29) is 0 Å². The summed E-state index contributed by atoms with van der Waals surface area (Å²) >= 11 is 1.43. The highest BCUT2D eigenvalue weighted by Crippen LogP contribution is 2.31. The molecule has 0 aliphatic heterocycles. The molecular weight excluding hydrogens is 334 g/mol. The fourth-order valence-corrected chi connectivity index (χ4v) is 3.83. The summed E-state index contributed by atoms with van der Waals surface area (Å²) in [5, 5.41) is 15.6. The molecule has 1 aromatic carbocycles. The first kappa shape index (κ1) is 16.8. The first-order valence-electron chi connectivity index (χ1n) is 7.64. The quantitative estimate of drug-likeness (QED) is 0.450. The standard InChI is InChI=1S/C18H17N5OS/c19-7-6-13(21)8-16-22-18-17(25-16)14(9-20)15(11-24)23(18)10-12-4-2-1-3-5-12/h1-7,9,11,19-20H,8,10,21H2. The molecule has 7 heteroatoms. The van der Waals surface area contributed by atoms with Crippen LogP contribution in [0.5, 0.6) is 0 Å². The van der Waals surface area contributed by atoms with E-state index in [4.69, 9.17) is 16.6 Å². The molecule has 0 fully saturated rings. The van der Waals surface area contributed by atoms with E-state index in [1.807, 2.05) is 34.9 Å². The van der Waals surface area contributed by atoms with Gasteiger partial charge in [0.2, 0.25) is 0 Å². The SMILES string of the molecule is N=CC=C(N)Cc1nc2c(s1)c(C=N)c(C=O)n2Cc1ccccc1. The van der Waals surface area contributed by atoms with E-state index in [1.54, 1.807) is 0 Å². The van der Waals surface area contributed by atoms with Crippen LogP contribution in [0.2, 0.25) is 0 Å². The van der Waals surface area contributed by atoms with Crippen molar-refractivity contribution >= 4 is 40.4 Å². The van der Waals surface area contributed by atoms with Gasteiger partial charge in [-0.2, -0.15) is 0 Å². The van der Waals surface area contributed by atoms with Crippen LogP contribution < -0.4 is 5.73 Å². The van der Waals surface area contributed by atoms with Gasteiger partial charge in [-0.25, -0.2) is 4.98 Å². The highest BCUT2D eigenvalue weighted by Gasteiger charge is 2.20. The number of nitrogens with one attached hydrogen (secondary N) is 2. The lowest BCUT2D eigenvalue weighted by atomic mass is 10.2. The second-order valence-corrected chi connectivity index (χ2v) is 6.56. The number of carbonyl (C=O) groups excluding carboxylic acids is 1. The van der Waals surface area contributed by atoms with Crippen molar-refractivity contribution in [1.29, 1.82) is 10.8 Å². The number of carbonyl (C=O) groups is 1. The van der Waals surface area contributed by atoms with Crippen molar-refractivity contribution in [2.24, 2.45) is 5.73 Å². The van der Waals surface area contributed by atoms with Gasteiger partial charge in [-0.3, -0.25) is 4.79 Å². The number of hydrogen-bond donors (Lipinski definition) is 3. The topological polar surface area (TPSA) is 109 Å². The third-order valence-corrected chi connectivity index (χ3v) is 4.89. The maximum absolute atomic E-state index is 11.6. The largest absolute Gasteiger partial charge is 0.402 e. The molecule has 0 saturated heterocycles. The first-order valence-corrected chi connectivity index (χ1v) is 8.46. The van der Waals surface area contributed by atoms with E-state index >= 15 is 0 Å². The van der Waals surface area contributed by atoms with Crippen molar-refractivity contribution < 1.29 is 4.79 Å². The van der Waals surface area contributed by atoms with Crippen molar-refractivity contribution in [2.45, 2.75) is 13.0 Å². The number of benzene rings is 1. The Bertz CT molecular complexity index is 968. The third-order valence-electron chi connectivity index (χ3n) is 3.81. The van der Waals surface area contributed by atoms with Gasteiger partial charge >= 0.3 is 0 Å². The Morgan fingerprint density at radius 3 is 2.68 bits per heavy atom. The molecule has 0 aliphatic carbocycles. The number of hydrogen-bond acceptors (Lipinski definition) is 6. The fourth-order valence-electron chi connectivity index (χ4n) is 2.70. The zero-order valence-corrected chi connectivity index (χ0v) is 14.2. The Morgan fingerprint density at radius 2 is 2.04 bits per heavy atom. The van der Waals surface area contributed by atoms with Gasteiger partial charge in [0.05, 0.1) is 10.4 Å². The minimum Gasteiger partial charge on any atom is -0.402 e. The average Bonchev–Trinajstić information content (AvgIpc) is 3.12. The molecule has 0 aliphatic rings. The molecule has 0 radical (unpaired) electrons. The first-order chi connectivity index (χ1) is 12.2. The van der Waals surface area contributed by atoms with Gasteiger partial charge in [0.15, 0.2) is 11.9 Å². The zero-order chi connectivity index (χ0) is 17.8. The fraction of sp³-hybridized carbons (Fsp3) is 0.111.